The fourth-order valence-electron chi connectivity index (χ4n) is 1.97. The standard InChI is InChI=1S/C17H18Cl2N2O/c1-2-12-3-5-13(6-4-12)21-17(22)9-10-20-14-7-8-15(18)16(19)11-14/h3-8,11,20H,2,9-10H2,1H3,(H,21,22). The Morgan fingerprint density at radius 2 is 1.68 bits per heavy atom. The van der Waals surface area contributed by atoms with Crippen LogP contribution in [0.25, 0.3) is 0 Å². The summed E-state index contributed by atoms with van der Waals surface area (Å²) in [5, 5.41) is 7.02. The van der Waals surface area contributed by atoms with E-state index in [-0.39, 0.29) is 5.91 Å². The number of nitrogens with one attached hydrogen (secondary N) is 2. The van der Waals surface area contributed by atoms with Crippen molar-refractivity contribution in [3.05, 3.63) is 58.1 Å². The molecule has 5 heteroatoms. The Morgan fingerprint density at radius 1 is 1.00 bits per heavy atom. The van der Waals surface area contributed by atoms with Gasteiger partial charge in [-0.1, -0.05) is 42.3 Å². The molecular weight excluding hydrogens is 319 g/mol. The monoisotopic (exact) mass is 336 g/mol. The molecule has 2 aromatic rings. The molecule has 116 valence electrons. The summed E-state index contributed by atoms with van der Waals surface area (Å²) in [6.45, 7) is 2.62. The molecule has 22 heavy (non-hydrogen) atoms. The normalized spacial score (nSPS) is 10.3. The van der Waals surface area contributed by atoms with Crippen LogP contribution in [0, 0.1) is 0 Å². The second-order valence-corrected chi connectivity index (χ2v) is 5.72. The fourth-order valence-corrected chi connectivity index (χ4v) is 2.27. The Hall–Kier alpha value is -1.71. The van der Waals surface area contributed by atoms with Crippen molar-refractivity contribution in [2.45, 2.75) is 19.8 Å². The Balaban J connectivity index is 1.78. The maximum Gasteiger partial charge on any atom is 0.226 e. The van der Waals surface area contributed by atoms with E-state index >= 15 is 0 Å². The van der Waals surface area contributed by atoms with Gasteiger partial charge < -0.3 is 10.6 Å². The lowest BCUT2D eigenvalue weighted by Crippen LogP contribution is -2.16. The van der Waals surface area contributed by atoms with Crippen LogP contribution in [0.3, 0.4) is 0 Å². The van der Waals surface area contributed by atoms with Crippen LogP contribution in [0.4, 0.5) is 11.4 Å². The summed E-state index contributed by atoms with van der Waals surface area (Å²) in [5.74, 6) is -0.0307. The quantitative estimate of drug-likeness (QED) is 0.779. The molecule has 0 unspecified atom stereocenters. The first-order valence-electron chi connectivity index (χ1n) is 7.16. The molecule has 0 saturated heterocycles. The van der Waals surface area contributed by atoms with Crippen molar-refractivity contribution < 1.29 is 4.79 Å². The molecule has 0 bridgehead atoms. The second-order valence-electron chi connectivity index (χ2n) is 4.90. The van der Waals surface area contributed by atoms with E-state index in [0.29, 0.717) is 23.0 Å². The zero-order chi connectivity index (χ0) is 15.9. The lowest BCUT2D eigenvalue weighted by Gasteiger charge is -2.08. The van der Waals surface area contributed by atoms with E-state index in [1.165, 1.54) is 5.56 Å². The van der Waals surface area contributed by atoms with Crippen LogP contribution in [0.5, 0.6) is 0 Å². The highest BCUT2D eigenvalue weighted by molar-refractivity contribution is 6.42. The third kappa shape index (κ3) is 4.93. The average molecular weight is 337 g/mol. The molecule has 0 aromatic heterocycles. The number of hydrogen-bond donors (Lipinski definition) is 2. The number of hydrogen-bond acceptors (Lipinski definition) is 2. The number of aryl methyl sites for hydroxylation is 1. The van der Waals surface area contributed by atoms with Gasteiger partial charge in [-0.25, -0.2) is 0 Å². The molecule has 0 heterocycles. The number of carbonyl (C=O) groups excluding carboxylic acids is 1. The minimum absolute atomic E-state index is 0.0307. The van der Waals surface area contributed by atoms with Crippen molar-refractivity contribution in [2.75, 3.05) is 17.2 Å². The van der Waals surface area contributed by atoms with Crippen molar-refractivity contribution in [1.82, 2.24) is 0 Å². The van der Waals surface area contributed by atoms with Crippen molar-refractivity contribution in [2.24, 2.45) is 0 Å². The molecule has 3 nitrogen and oxygen atoms in total. The van der Waals surface area contributed by atoms with E-state index in [4.69, 9.17) is 23.2 Å². The van der Waals surface area contributed by atoms with Gasteiger partial charge in [-0.3, -0.25) is 4.79 Å². The van der Waals surface area contributed by atoms with Crippen molar-refractivity contribution in [3.8, 4) is 0 Å². The van der Waals surface area contributed by atoms with E-state index in [2.05, 4.69) is 17.6 Å². The Morgan fingerprint density at radius 3 is 2.32 bits per heavy atom. The van der Waals surface area contributed by atoms with E-state index < -0.39 is 0 Å². The number of rotatable bonds is 6. The van der Waals surface area contributed by atoms with Gasteiger partial charge >= 0.3 is 0 Å². The van der Waals surface area contributed by atoms with Crippen LogP contribution in [0.2, 0.25) is 10.0 Å². The molecule has 2 aromatic carbocycles. The summed E-state index contributed by atoms with van der Waals surface area (Å²) < 4.78 is 0. The van der Waals surface area contributed by atoms with Gasteiger partial charge in [0.15, 0.2) is 0 Å². The number of carbonyl (C=O) groups is 1. The zero-order valence-corrected chi connectivity index (χ0v) is 13.8. The number of anilines is 2. The summed E-state index contributed by atoms with van der Waals surface area (Å²) in [6, 6.07) is 13.2. The third-order valence-electron chi connectivity index (χ3n) is 3.25. The summed E-state index contributed by atoms with van der Waals surface area (Å²) in [7, 11) is 0. The summed E-state index contributed by atoms with van der Waals surface area (Å²) >= 11 is 11.8. The van der Waals surface area contributed by atoms with Gasteiger partial charge in [0.05, 0.1) is 10.0 Å². The van der Waals surface area contributed by atoms with Crippen LogP contribution >= 0.6 is 23.2 Å². The van der Waals surface area contributed by atoms with Gasteiger partial charge in [-0.05, 0) is 42.3 Å². The highest BCUT2D eigenvalue weighted by Gasteiger charge is 2.03. The molecule has 0 spiro atoms. The largest absolute Gasteiger partial charge is 0.384 e. The first-order valence-corrected chi connectivity index (χ1v) is 7.92. The van der Waals surface area contributed by atoms with Crippen molar-refractivity contribution >= 4 is 40.5 Å². The van der Waals surface area contributed by atoms with Crippen LogP contribution in [-0.2, 0) is 11.2 Å². The van der Waals surface area contributed by atoms with Crippen molar-refractivity contribution in [1.29, 1.82) is 0 Å². The summed E-state index contributed by atoms with van der Waals surface area (Å²) in [5.41, 5.74) is 2.91. The van der Waals surface area contributed by atoms with Crippen LogP contribution in [-0.4, -0.2) is 12.5 Å². The maximum atomic E-state index is 11.9. The molecular formula is C17H18Cl2N2O. The molecule has 2 rings (SSSR count). The van der Waals surface area contributed by atoms with E-state index in [1.54, 1.807) is 12.1 Å². The predicted octanol–water partition coefficient (Wildman–Crippen LogP) is 5.00. The molecule has 1 amide bonds. The minimum atomic E-state index is -0.0307. The Labute approximate surface area is 140 Å². The Kier molecular flexibility index (Phi) is 6.10. The van der Waals surface area contributed by atoms with Gasteiger partial charge in [-0.15, -0.1) is 0 Å². The Bertz CT molecular complexity index is 642. The molecule has 2 N–H and O–H groups in total. The van der Waals surface area contributed by atoms with Crippen LogP contribution in [0.15, 0.2) is 42.5 Å². The highest BCUT2D eigenvalue weighted by atomic mass is 35.5. The van der Waals surface area contributed by atoms with Gasteiger partial charge in [0.1, 0.15) is 0 Å². The summed E-state index contributed by atoms with van der Waals surface area (Å²) in [6.07, 6.45) is 1.36. The average Bonchev–Trinajstić information content (AvgIpc) is 2.51. The van der Waals surface area contributed by atoms with Crippen LogP contribution < -0.4 is 10.6 Å². The molecule has 0 atom stereocenters. The summed E-state index contributed by atoms with van der Waals surface area (Å²) in [4.78, 5) is 11.9. The van der Waals surface area contributed by atoms with Crippen molar-refractivity contribution in [3.63, 3.8) is 0 Å². The fraction of sp³-hybridized carbons (Fsp3) is 0.235. The number of amides is 1. The molecule has 0 saturated carbocycles. The first-order chi connectivity index (χ1) is 10.6. The smallest absolute Gasteiger partial charge is 0.226 e. The van der Waals surface area contributed by atoms with E-state index in [0.717, 1.165) is 17.8 Å². The number of benzene rings is 2. The first kappa shape index (κ1) is 16.7. The van der Waals surface area contributed by atoms with Gasteiger partial charge in [0, 0.05) is 24.3 Å². The molecule has 0 aliphatic rings. The zero-order valence-electron chi connectivity index (χ0n) is 12.3. The molecule has 0 fully saturated rings. The van der Waals surface area contributed by atoms with E-state index in [1.807, 2.05) is 30.3 Å². The van der Waals surface area contributed by atoms with Gasteiger partial charge in [0.25, 0.3) is 0 Å². The van der Waals surface area contributed by atoms with Gasteiger partial charge in [-0.2, -0.15) is 0 Å². The third-order valence-corrected chi connectivity index (χ3v) is 3.99. The molecule has 0 radical (unpaired) electrons. The van der Waals surface area contributed by atoms with Crippen LogP contribution in [0.1, 0.15) is 18.9 Å². The molecule has 0 aliphatic heterocycles. The predicted molar refractivity (Wildman–Crippen MR) is 94.0 cm³/mol. The SMILES string of the molecule is CCc1ccc(NC(=O)CCNc2ccc(Cl)c(Cl)c2)cc1. The number of halogens is 2. The lowest BCUT2D eigenvalue weighted by molar-refractivity contribution is -0.115. The molecule has 0 aliphatic carbocycles. The van der Waals surface area contributed by atoms with E-state index in [9.17, 15) is 4.79 Å². The topological polar surface area (TPSA) is 41.1 Å². The highest BCUT2D eigenvalue weighted by Crippen LogP contribution is 2.24. The lowest BCUT2D eigenvalue weighted by atomic mass is 10.1. The second kappa shape index (κ2) is 8.06. The van der Waals surface area contributed by atoms with Gasteiger partial charge in [0.2, 0.25) is 5.91 Å². The maximum absolute atomic E-state index is 11.9. The minimum Gasteiger partial charge on any atom is -0.384 e.